The minimum Gasteiger partial charge on any atom is -0.392 e. The number of nitrogens with one attached hydrogen (secondary N) is 1. The van der Waals surface area contributed by atoms with E-state index in [0.29, 0.717) is 12.2 Å². The SMILES string of the molecule is O=C(Cc1cnn(Cc2ccc(CN3CCC(O)C3)cc2)c1)c1n[nH]c2ccccc12. The summed E-state index contributed by atoms with van der Waals surface area (Å²) in [6.07, 6.45) is 4.62. The standard InChI is InChI=1S/C24H25N5O2/c30-20-9-10-28(16-20)13-17-5-7-18(8-6-17)14-29-15-19(12-25-29)11-23(31)24-21-3-1-2-4-22(21)26-27-24/h1-8,12,15,20,30H,9-11,13-14,16H2,(H,26,27). The van der Waals surface area contributed by atoms with Crippen LogP contribution >= 0.6 is 0 Å². The maximum Gasteiger partial charge on any atom is 0.188 e. The van der Waals surface area contributed by atoms with E-state index in [0.717, 1.165) is 48.1 Å². The fourth-order valence-electron chi connectivity index (χ4n) is 4.18. The van der Waals surface area contributed by atoms with Crippen LogP contribution in [0, 0.1) is 0 Å². The van der Waals surface area contributed by atoms with E-state index in [2.05, 4.69) is 44.5 Å². The van der Waals surface area contributed by atoms with Crippen molar-refractivity contribution in [1.82, 2.24) is 24.9 Å². The van der Waals surface area contributed by atoms with Crippen LogP contribution in [0.4, 0.5) is 0 Å². The molecule has 1 atom stereocenters. The molecule has 0 bridgehead atoms. The van der Waals surface area contributed by atoms with E-state index < -0.39 is 0 Å². The number of carbonyl (C=O) groups excluding carboxylic acids is 1. The Balaban J connectivity index is 1.20. The number of hydrogen-bond donors (Lipinski definition) is 2. The van der Waals surface area contributed by atoms with Gasteiger partial charge in [0.05, 0.1) is 24.4 Å². The van der Waals surface area contributed by atoms with Crippen LogP contribution in [0.1, 0.15) is 33.6 Å². The molecule has 2 aromatic heterocycles. The molecule has 31 heavy (non-hydrogen) atoms. The van der Waals surface area contributed by atoms with Gasteiger partial charge < -0.3 is 5.11 Å². The smallest absolute Gasteiger partial charge is 0.188 e. The van der Waals surface area contributed by atoms with Crippen molar-refractivity contribution in [1.29, 1.82) is 0 Å². The number of para-hydroxylation sites is 1. The highest BCUT2D eigenvalue weighted by atomic mass is 16.3. The van der Waals surface area contributed by atoms with Gasteiger partial charge in [-0.3, -0.25) is 19.5 Å². The van der Waals surface area contributed by atoms with Crippen LogP contribution in [0.3, 0.4) is 0 Å². The molecule has 0 spiro atoms. The van der Waals surface area contributed by atoms with Gasteiger partial charge in [0.2, 0.25) is 0 Å². The van der Waals surface area contributed by atoms with Crippen LogP contribution in [0.25, 0.3) is 10.9 Å². The van der Waals surface area contributed by atoms with Gasteiger partial charge in [-0.1, -0.05) is 42.5 Å². The number of carbonyl (C=O) groups is 1. The van der Waals surface area contributed by atoms with Crippen LogP contribution < -0.4 is 0 Å². The molecule has 2 aromatic carbocycles. The summed E-state index contributed by atoms with van der Waals surface area (Å²) in [5.41, 5.74) is 4.62. The highest BCUT2D eigenvalue weighted by Crippen LogP contribution is 2.18. The van der Waals surface area contributed by atoms with Crippen molar-refractivity contribution in [3.05, 3.63) is 83.3 Å². The molecule has 3 heterocycles. The molecule has 0 radical (unpaired) electrons. The summed E-state index contributed by atoms with van der Waals surface area (Å²) >= 11 is 0. The molecule has 7 heteroatoms. The van der Waals surface area contributed by atoms with Crippen molar-refractivity contribution in [3.8, 4) is 0 Å². The minimum atomic E-state index is -0.188. The summed E-state index contributed by atoms with van der Waals surface area (Å²) < 4.78 is 1.86. The molecule has 0 saturated carbocycles. The number of aliphatic hydroxyl groups excluding tert-OH is 1. The molecule has 1 aliphatic rings. The Hall–Kier alpha value is -3.29. The van der Waals surface area contributed by atoms with Gasteiger partial charge in [-0.05, 0) is 29.2 Å². The monoisotopic (exact) mass is 415 g/mol. The molecule has 158 valence electrons. The summed E-state index contributed by atoms with van der Waals surface area (Å²) in [6.45, 7) is 3.23. The van der Waals surface area contributed by atoms with Gasteiger partial charge in [0.25, 0.3) is 0 Å². The lowest BCUT2D eigenvalue weighted by Crippen LogP contribution is -2.21. The Bertz CT molecular complexity index is 1190. The van der Waals surface area contributed by atoms with Crippen molar-refractivity contribution in [3.63, 3.8) is 0 Å². The molecule has 7 nitrogen and oxygen atoms in total. The number of fused-ring (bicyclic) bond motifs is 1. The zero-order valence-corrected chi connectivity index (χ0v) is 17.2. The zero-order chi connectivity index (χ0) is 21.2. The molecular formula is C24H25N5O2. The van der Waals surface area contributed by atoms with E-state index in [-0.39, 0.29) is 18.3 Å². The first-order valence-corrected chi connectivity index (χ1v) is 10.6. The molecule has 0 amide bonds. The van der Waals surface area contributed by atoms with Crippen molar-refractivity contribution in [2.24, 2.45) is 0 Å². The van der Waals surface area contributed by atoms with E-state index in [9.17, 15) is 9.90 Å². The molecule has 1 fully saturated rings. The van der Waals surface area contributed by atoms with Crippen molar-refractivity contribution in [2.45, 2.75) is 32.0 Å². The zero-order valence-electron chi connectivity index (χ0n) is 17.2. The van der Waals surface area contributed by atoms with Gasteiger partial charge in [0.15, 0.2) is 5.78 Å². The van der Waals surface area contributed by atoms with Crippen LogP contribution in [-0.4, -0.2) is 55.0 Å². The summed E-state index contributed by atoms with van der Waals surface area (Å²) in [5.74, 6) is -0.0200. The molecule has 0 aliphatic carbocycles. The number of aliphatic hydroxyl groups is 1. The maximum absolute atomic E-state index is 12.7. The van der Waals surface area contributed by atoms with Crippen LogP contribution in [0.2, 0.25) is 0 Å². The summed E-state index contributed by atoms with van der Waals surface area (Å²) in [6, 6.07) is 16.2. The van der Waals surface area contributed by atoms with Crippen molar-refractivity contribution in [2.75, 3.05) is 13.1 Å². The van der Waals surface area contributed by atoms with Gasteiger partial charge in [0, 0.05) is 37.6 Å². The lowest BCUT2D eigenvalue weighted by Gasteiger charge is -2.15. The molecular weight excluding hydrogens is 390 g/mol. The fourth-order valence-corrected chi connectivity index (χ4v) is 4.18. The minimum absolute atomic E-state index is 0.0200. The van der Waals surface area contributed by atoms with Crippen LogP contribution in [0.5, 0.6) is 0 Å². The highest BCUT2D eigenvalue weighted by Gasteiger charge is 2.20. The van der Waals surface area contributed by atoms with Crippen molar-refractivity contribution < 1.29 is 9.90 Å². The largest absolute Gasteiger partial charge is 0.392 e. The topological polar surface area (TPSA) is 87.0 Å². The van der Waals surface area contributed by atoms with Gasteiger partial charge >= 0.3 is 0 Å². The predicted octanol–water partition coefficient (Wildman–Crippen LogP) is 2.80. The van der Waals surface area contributed by atoms with Crippen LogP contribution in [0.15, 0.2) is 60.9 Å². The number of H-pyrrole nitrogens is 1. The first kappa shape index (κ1) is 19.7. The quantitative estimate of drug-likeness (QED) is 0.453. The lowest BCUT2D eigenvalue weighted by molar-refractivity contribution is 0.0989. The third-order valence-electron chi connectivity index (χ3n) is 5.81. The average molecular weight is 415 g/mol. The number of benzene rings is 2. The number of β-amino-alcohol motifs (C(OH)–C–C–N with tert-alkyl or cyclic N) is 1. The number of rotatable bonds is 7. The number of aromatic nitrogens is 4. The fraction of sp³-hybridized carbons (Fsp3) is 0.292. The molecule has 1 saturated heterocycles. The second kappa shape index (κ2) is 8.45. The Morgan fingerprint density at radius 3 is 2.61 bits per heavy atom. The Morgan fingerprint density at radius 1 is 1.06 bits per heavy atom. The van der Waals surface area contributed by atoms with Gasteiger partial charge in [0.1, 0.15) is 5.69 Å². The third kappa shape index (κ3) is 4.42. The molecule has 5 rings (SSSR count). The number of Topliss-reactive ketones (excluding diaryl/α,β-unsaturated/α-hetero) is 1. The Kier molecular flexibility index (Phi) is 5.36. The van der Waals surface area contributed by atoms with E-state index in [4.69, 9.17) is 0 Å². The van der Waals surface area contributed by atoms with Gasteiger partial charge in [-0.2, -0.15) is 10.2 Å². The van der Waals surface area contributed by atoms with Crippen LogP contribution in [-0.2, 0) is 19.5 Å². The van der Waals surface area contributed by atoms with E-state index >= 15 is 0 Å². The van der Waals surface area contributed by atoms with Gasteiger partial charge in [-0.25, -0.2) is 0 Å². The Morgan fingerprint density at radius 2 is 1.84 bits per heavy atom. The normalized spacial score (nSPS) is 16.9. The van der Waals surface area contributed by atoms with Gasteiger partial charge in [-0.15, -0.1) is 0 Å². The second-order valence-corrected chi connectivity index (χ2v) is 8.26. The summed E-state index contributed by atoms with van der Waals surface area (Å²) in [4.78, 5) is 15.0. The first-order valence-electron chi connectivity index (χ1n) is 10.6. The predicted molar refractivity (Wildman–Crippen MR) is 118 cm³/mol. The maximum atomic E-state index is 12.7. The first-order chi connectivity index (χ1) is 15.1. The summed E-state index contributed by atoms with van der Waals surface area (Å²) in [5, 5.41) is 22.0. The van der Waals surface area contributed by atoms with E-state index in [1.807, 2.05) is 35.1 Å². The second-order valence-electron chi connectivity index (χ2n) is 8.26. The molecule has 1 unspecified atom stereocenters. The van der Waals surface area contributed by atoms with E-state index in [1.165, 1.54) is 5.56 Å². The van der Waals surface area contributed by atoms with Crippen molar-refractivity contribution >= 4 is 16.7 Å². The molecule has 2 N–H and O–H groups in total. The molecule has 1 aliphatic heterocycles. The number of likely N-dealkylation sites (tertiary alicyclic amines) is 1. The Labute approximate surface area is 180 Å². The lowest BCUT2D eigenvalue weighted by atomic mass is 10.1. The number of hydrogen-bond acceptors (Lipinski definition) is 5. The molecule has 4 aromatic rings. The number of ketones is 1. The average Bonchev–Trinajstić information content (AvgIpc) is 3.50. The summed E-state index contributed by atoms with van der Waals surface area (Å²) in [7, 11) is 0. The third-order valence-corrected chi connectivity index (χ3v) is 5.81. The number of aromatic amines is 1. The highest BCUT2D eigenvalue weighted by molar-refractivity contribution is 6.06. The number of nitrogens with zero attached hydrogens (tertiary/aromatic N) is 4. The van der Waals surface area contributed by atoms with E-state index in [1.54, 1.807) is 6.20 Å².